The smallest absolute Gasteiger partial charge is 0.175 e. The Bertz CT molecular complexity index is 522. The van der Waals surface area contributed by atoms with Crippen molar-refractivity contribution in [2.24, 2.45) is 0 Å². The number of sulfone groups is 1. The average molecular weight is 312 g/mol. The first-order valence-corrected chi connectivity index (χ1v) is 9.27. The number of rotatable bonds is 7. The third kappa shape index (κ3) is 5.74. The molecule has 0 aromatic heterocycles. The summed E-state index contributed by atoms with van der Waals surface area (Å²) >= 11 is 0. The topological polar surface area (TPSA) is 67.4 Å². The maximum atomic E-state index is 11.4. The molecule has 1 aromatic carbocycles. The Labute approximate surface area is 127 Å². The molecule has 2 N–H and O–H groups in total. The minimum absolute atomic E-state index is 0.362. The molecule has 118 valence electrons. The van der Waals surface area contributed by atoms with Gasteiger partial charge < -0.3 is 15.4 Å². The highest BCUT2D eigenvalue weighted by molar-refractivity contribution is 7.90. The van der Waals surface area contributed by atoms with Crippen molar-refractivity contribution in [2.45, 2.75) is 30.4 Å². The minimum Gasteiger partial charge on any atom is -0.377 e. The Balaban J connectivity index is 1.64. The molecule has 0 saturated carbocycles. The van der Waals surface area contributed by atoms with E-state index >= 15 is 0 Å². The van der Waals surface area contributed by atoms with Gasteiger partial charge in [0, 0.05) is 19.3 Å². The van der Waals surface area contributed by atoms with Gasteiger partial charge in [-0.05, 0) is 43.6 Å². The quantitative estimate of drug-likeness (QED) is 0.734. The van der Waals surface area contributed by atoms with E-state index in [1.807, 2.05) is 12.1 Å². The molecule has 5 nitrogen and oxygen atoms in total. The van der Waals surface area contributed by atoms with Gasteiger partial charge in [-0.2, -0.15) is 0 Å². The number of ether oxygens (including phenoxy) is 1. The predicted octanol–water partition coefficient (Wildman–Crippen LogP) is 0.948. The summed E-state index contributed by atoms with van der Waals surface area (Å²) in [6.07, 6.45) is 3.79. The Kier molecular flexibility index (Phi) is 6.17. The summed E-state index contributed by atoms with van der Waals surface area (Å²) in [7, 11) is -3.11. The van der Waals surface area contributed by atoms with E-state index in [0.29, 0.717) is 17.6 Å². The highest BCUT2D eigenvalue weighted by Crippen LogP contribution is 2.10. The monoisotopic (exact) mass is 312 g/mol. The van der Waals surface area contributed by atoms with Crippen LogP contribution in [-0.2, 0) is 21.1 Å². The second kappa shape index (κ2) is 7.89. The third-order valence-corrected chi connectivity index (χ3v) is 4.73. The van der Waals surface area contributed by atoms with Crippen LogP contribution in [0.1, 0.15) is 18.4 Å². The lowest BCUT2D eigenvalue weighted by atomic mass is 10.1. The summed E-state index contributed by atoms with van der Waals surface area (Å²) < 4.78 is 28.5. The normalized spacial score (nSPS) is 17.0. The van der Waals surface area contributed by atoms with Crippen LogP contribution in [0.2, 0.25) is 0 Å². The number of hydrogen-bond donors (Lipinski definition) is 2. The van der Waals surface area contributed by atoms with E-state index in [1.165, 1.54) is 6.26 Å². The van der Waals surface area contributed by atoms with Crippen molar-refractivity contribution in [1.29, 1.82) is 0 Å². The second-order valence-corrected chi connectivity index (χ2v) is 7.43. The molecule has 0 bridgehead atoms. The Morgan fingerprint density at radius 2 is 1.90 bits per heavy atom. The van der Waals surface area contributed by atoms with Crippen LogP contribution in [-0.4, -0.2) is 47.0 Å². The SMILES string of the molecule is CS(=O)(=O)c1ccc(CNCCOC2CCNCC2)cc1. The van der Waals surface area contributed by atoms with Crippen molar-refractivity contribution in [2.75, 3.05) is 32.5 Å². The van der Waals surface area contributed by atoms with Gasteiger partial charge in [-0.3, -0.25) is 0 Å². The molecule has 1 heterocycles. The Morgan fingerprint density at radius 1 is 1.24 bits per heavy atom. The van der Waals surface area contributed by atoms with E-state index in [4.69, 9.17) is 4.74 Å². The van der Waals surface area contributed by atoms with E-state index in [2.05, 4.69) is 10.6 Å². The lowest BCUT2D eigenvalue weighted by molar-refractivity contribution is 0.0347. The Hall–Kier alpha value is -0.950. The van der Waals surface area contributed by atoms with Crippen LogP contribution in [0.25, 0.3) is 0 Å². The van der Waals surface area contributed by atoms with E-state index < -0.39 is 9.84 Å². The van der Waals surface area contributed by atoms with Gasteiger partial charge in [0.2, 0.25) is 0 Å². The van der Waals surface area contributed by atoms with Crippen LogP contribution in [0, 0.1) is 0 Å². The van der Waals surface area contributed by atoms with Crippen LogP contribution < -0.4 is 10.6 Å². The maximum absolute atomic E-state index is 11.4. The van der Waals surface area contributed by atoms with E-state index in [1.54, 1.807) is 12.1 Å². The van der Waals surface area contributed by atoms with Crippen molar-refractivity contribution in [3.05, 3.63) is 29.8 Å². The maximum Gasteiger partial charge on any atom is 0.175 e. The van der Waals surface area contributed by atoms with E-state index in [0.717, 1.165) is 44.6 Å². The molecule has 1 aromatic rings. The molecule has 0 atom stereocenters. The summed E-state index contributed by atoms with van der Waals surface area (Å²) in [5.41, 5.74) is 1.07. The van der Waals surface area contributed by atoms with Gasteiger partial charge in [-0.25, -0.2) is 8.42 Å². The molecular formula is C15H24N2O3S. The standard InChI is InChI=1S/C15H24N2O3S/c1-21(18,19)15-4-2-13(3-5-15)12-17-10-11-20-14-6-8-16-9-7-14/h2-5,14,16-17H,6-12H2,1H3. The summed E-state index contributed by atoms with van der Waals surface area (Å²) in [4.78, 5) is 0.362. The molecule has 0 radical (unpaired) electrons. The van der Waals surface area contributed by atoms with Crippen LogP contribution in [0.5, 0.6) is 0 Å². The molecule has 0 unspecified atom stereocenters. The largest absolute Gasteiger partial charge is 0.377 e. The number of piperidine rings is 1. The van der Waals surface area contributed by atoms with Crippen LogP contribution in [0.4, 0.5) is 0 Å². The first-order chi connectivity index (χ1) is 10.1. The van der Waals surface area contributed by atoms with Crippen molar-refractivity contribution >= 4 is 9.84 Å². The fourth-order valence-electron chi connectivity index (χ4n) is 2.35. The number of nitrogens with one attached hydrogen (secondary N) is 2. The zero-order chi connectivity index (χ0) is 15.1. The molecule has 1 saturated heterocycles. The molecule has 0 amide bonds. The highest BCUT2D eigenvalue weighted by Gasteiger charge is 2.12. The summed E-state index contributed by atoms with van der Waals surface area (Å²) in [5, 5.41) is 6.62. The molecule has 0 aliphatic carbocycles. The van der Waals surface area contributed by atoms with Gasteiger partial charge in [-0.1, -0.05) is 12.1 Å². The van der Waals surface area contributed by atoms with Crippen molar-refractivity contribution < 1.29 is 13.2 Å². The van der Waals surface area contributed by atoms with Gasteiger partial charge in [0.05, 0.1) is 17.6 Å². The van der Waals surface area contributed by atoms with Crippen LogP contribution >= 0.6 is 0 Å². The second-order valence-electron chi connectivity index (χ2n) is 5.41. The lowest BCUT2D eigenvalue weighted by Crippen LogP contribution is -2.33. The van der Waals surface area contributed by atoms with Gasteiger partial charge in [0.15, 0.2) is 9.84 Å². The van der Waals surface area contributed by atoms with Crippen molar-refractivity contribution in [3.63, 3.8) is 0 Å². The molecule has 21 heavy (non-hydrogen) atoms. The molecule has 0 spiro atoms. The lowest BCUT2D eigenvalue weighted by Gasteiger charge is -2.22. The fourth-order valence-corrected chi connectivity index (χ4v) is 2.98. The van der Waals surface area contributed by atoms with E-state index in [-0.39, 0.29) is 0 Å². The molecule has 6 heteroatoms. The summed E-state index contributed by atoms with van der Waals surface area (Å²) in [5.74, 6) is 0. The first kappa shape index (κ1) is 16.4. The van der Waals surface area contributed by atoms with Crippen LogP contribution in [0.3, 0.4) is 0 Å². The highest BCUT2D eigenvalue weighted by atomic mass is 32.2. The van der Waals surface area contributed by atoms with Gasteiger partial charge in [-0.15, -0.1) is 0 Å². The van der Waals surface area contributed by atoms with Crippen molar-refractivity contribution in [3.8, 4) is 0 Å². The molecule has 1 aliphatic rings. The molecule has 1 aliphatic heterocycles. The average Bonchev–Trinajstić information content (AvgIpc) is 2.47. The first-order valence-electron chi connectivity index (χ1n) is 7.38. The van der Waals surface area contributed by atoms with Crippen molar-refractivity contribution in [1.82, 2.24) is 10.6 Å². The van der Waals surface area contributed by atoms with Gasteiger partial charge in [0.1, 0.15) is 0 Å². The summed E-state index contributed by atoms with van der Waals surface area (Å²) in [6.45, 7) is 4.33. The third-order valence-electron chi connectivity index (χ3n) is 3.60. The summed E-state index contributed by atoms with van der Waals surface area (Å²) in [6, 6.07) is 6.99. The zero-order valence-electron chi connectivity index (χ0n) is 12.5. The number of benzene rings is 1. The van der Waals surface area contributed by atoms with Crippen LogP contribution in [0.15, 0.2) is 29.2 Å². The predicted molar refractivity (Wildman–Crippen MR) is 83.1 cm³/mol. The molecule has 2 rings (SSSR count). The number of hydrogen-bond acceptors (Lipinski definition) is 5. The molecular weight excluding hydrogens is 288 g/mol. The Morgan fingerprint density at radius 3 is 2.52 bits per heavy atom. The zero-order valence-corrected chi connectivity index (χ0v) is 13.3. The van der Waals surface area contributed by atoms with Gasteiger partial charge >= 0.3 is 0 Å². The fraction of sp³-hybridized carbons (Fsp3) is 0.600. The minimum atomic E-state index is -3.11. The van der Waals surface area contributed by atoms with Gasteiger partial charge in [0.25, 0.3) is 0 Å². The van der Waals surface area contributed by atoms with E-state index in [9.17, 15) is 8.42 Å². The molecule has 1 fully saturated rings.